The number of nitrogens with zero attached hydrogens (tertiary/aromatic N) is 3. The Bertz CT molecular complexity index is 965. The van der Waals surface area contributed by atoms with Crippen LogP contribution in [0.4, 0.5) is 0 Å². The summed E-state index contributed by atoms with van der Waals surface area (Å²) in [4.78, 5) is 34.2. The number of imide groups is 1. The lowest BCUT2D eigenvalue weighted by molar-refractivity contribution is 0.0630. The zero-order valence-corrected chi connectivity index (χ0v) is 13.6. The Balaban J connectivity index is 1.50. The van der Waals surface area contributed by atoms with Gasteiger partial charge < -0.3 is 4.74 Å². The Morgan fingerprint density at radius 3 is 2.44 bits per heavy atom. The van der Waals surface area contributed by atoms with Gasteiger partial charge in [0.25, 0.3) is 11.8 Å². The van der Waals surface area contributed by atoms with E-state index in [1.807, 2.05) is 25.1 Å². The average Bonchev–Trinajstić information content (AvgIpc) is 2.87. The minimum absolute atomic E-state index is 0.170. The summed E-state index contributed by atoms with van der Waals surface area (Å²) in [7, 11) is 0. The Hall–Kier alpha value is -3.28. The van der Waals surface area contributed by atoms with Crippen molar-refractivity contribution >= 4 is 22.7 Å². The van der Waals surface area contributed by atoms with Gasteiger partial charge in [0, 0.05) is 0 Å². The van der Waals surface area contributed by atoms with Crippen molar-refractivity contribution < 1.29 is 14.3 Å². The first-order valence-corrected chi connectivity index (χ1v) is 7.94. The molecule has 1 aliphatic heterocycles. The second-order valence-corrected chi connectivity index (χ2v) is 5.86. The van der Waals surface area contributed by atoms with Gasteiger partial charge in [-0.25, -0.2) is 9.97 Å². The number of aryl methyl sites for hydroxylation is 1. The first-order valence-electron chi connectivity index (χ1n) is 7.94. The van der Waals surface area contributed by atoms with Crippen LogP contribution in [0.2, 0.25) is 0 Å². The number of hydrogen-bond acceptors (Lipinski definition) is 5. The minimum atomic E-state index is -0.285. The van der Waals surface area contributed by atoms with Gasteiger partial charge >= 0.3 is 0 Å². The zero-order valence-electron chi connectivity index (χ0n) is 13.6. The summed E-state index contributed by atoms with van der Waals surface area (Å²) in [5, 5.41) is 0.810. The highest BCUT2D eigenvalue weighted by atomic mass is 16.5. The lowest BCUT2D eigenvalue weighted by Gasteiger charge is -2.14. The van der Waals surface area contributed by atoms with Crippen molar-refractivity contribution in [3.05, 3.63) is 65.5 Å². The van der Waals surface area contributed by atoms with Crippen molar-refractivity contribution in [3.63, 3.8) is 0 Å². The van der Waals surface area contributed by atoms with Crippen LogP contribution < -0.4 is 4.74 Å². The predicted octanol–water partition coefficient (Wildman–Crippen LogP) is 2.61. The van der Waals surface area contributed by atoms with E-state index >= 15 is 0 Å². The van der Waals surface area contributed by atoms with E-state index in [0.717, 1.165) is 16.5 Å². The van der Waals surface area contributed by atoms with Gasteiger partial charge in [-0.05, 0) is 31.2 Å². The third kappa shape index (κ3) is 2.61. The molecule has 2 aromatic carbocycles. The summed E-state index contributed by atoms with van der Waals surface area (Å²) in [6.07, 6.45) is 1.44. The van der Waals surface area contributed by atoms with E-state index in [4.69, 9.17) is 4.74 Å². The largest absolute Gasteiger partial charge is 0.475 e. The van der Waals surface area contributed by atoms with Crippen LogP contribution in [0.5, 0.6) is 5.88 Å². The molecule has 6 nitrogen and oxygen atoms in total. The van der Waals surface area contributed by atoms with Gasteiger partial charge in [-0.2, -0.15) is 0 Å². The summed E-state index contributed by atoms with van der Waals surface area (Å²) >= 11 is 0. The first kappa shape index (κ1) is 15.3. The number of amides is 2. The molecule has 3 aromatic rings. The Morgan fingerprint density at radius 1 is 1.00 bits per heavy atom. The maximum Gasteiger partial charge on any atom is 0.261 e. The van der Waals surface area contributed by atoms with E-state index in [-0.39, 0.29) is 25.0 Å². The normalized spacial score (nSPS) is 13.4. The van der Waals surface area contributed by atoms with Crippen LogP contribution in [0.3, 0.4) is 0 Å². The quantitative estimate of drug-likeness (QED) is 0.686. The molecule has 0 atom stereocenters. The maximum absolute atomic E-state index is 12.3. The topological polar surface area (TPSA) is 72.4 Å². The Kier molecular flexibility index (Phi) is 3.65. The fourth-order valence-corrected chi connectivity index (χ4v) is 2.94. The summed E-state index contributed by atoms with van der Waals surface area (Å²) in [6, 6.07) is 12.7. The monoisotopic (exact) mass is 333 g/mol. The van der Waals surface area contributed by atoms with Gasteiger partial charge in [-0.1, -0.05) is 23.8 Å². The van der Waals surface area contributed by atoms with Crippen LogP contribution in [-0.4, -0.2) is 39.8 Å². The van der Waals surface area contributed by atoms with Crippen LogP contribution in [0, 0.1) is 6.92 Å². The van der Waals surface area contributed by atoms with E-state index in [9.17, 15) is 9.59 Å². The number of hydrogen-bond donors (Lipinski definition) is 0. The number of carbonyl (C=O) groups excluding carboxylic acids is 2. The SMILES string of the molecule is Cc1ccc2ncnc(OCCN3C(=O)c4ccccc4C3=O)c2c1. The van der Waals surface area contributed by atoms with Gasteiger partial charge in [-0.3, -0.25) is 14.5 Å². The number of ether oxygens (including phenoxy) is 1. The maximum atomic E-state index is 12.3. The summed E-state index contributed by atoms with van der Waals surface area (Å²) in [6.45, 7) is 2.32. The molecule has 0 fully saturated rings. The molecule has 2 heterocycles. The molecule has 0 N–H and O–H groups in total. The van der Waals surface area contributed by atoms with Crippen LogP contribution in [0.25, 0.3) is 10.9 Å². The van der Waals surface area contributed by atoms with E-state index in [2.05, 4.69) is 9.97 Å². The molecular formula is C19H15N3O3. The molecule has 0 radical (unpaired) electrons. The molecule has 0 saturated heterocycles. The summed E-state index contributed by atoms with van der Waals surface area (Å²) in [5.74, 6) is -0.120. The highest BCUT2D eigenvalue weighted by Gasteiger charge is 2.34. The van der Waals surface area contributed by atoms with Gasteiger partial charge in [0.1, 0.15) is 12.9 Å². The molecule has 4 rings (SSSR count). The van der Waals surface area contributed by atoms with Crippen molar-refractivity contribution in [1.29, 1.82) is 0 Å². The van der Waals surface area contributed by atoms with Crippen molar-refractivity contribution in [2.45, 2.75) is 6.92 Å². The first-order chi connectivity index (χ1) is 12.1. The predicted molar refractivity (Wildman–Crippen MR) is 91.6 cm³/mol. The van der Waals surface area contributed by atoms with Crippen LogP contribution >= 0.6 is 0 Å². The smallest absolute Gasteiger partial charge is 0.261 e. The highest BCUT2D eigenvalue weighted by molar-refractivity contribution is 6.21. The van der Waals surface area contributed by atoms with Gasteiger partial charge in [0.2, 0.25) is 5.88 Å². The number of benzene rings is 2. The molecule has 0 aliphatic carbocycles. The lowest BCUT2D eigenvalue weighted by atomic mass is 10.1. The Labute approximate surface area is 144 Å². The third-order valence-corrected chi connectivity index (χ3v) is 4.19. The fourth-order valence-electron chi connectivity index (χ4n) is 2.94. The third-order valence-electron chi connectivity index (χ3n) is 4.19. The van der Waals surface area contributed by atoms with Gasteiger partial charge in [0.15, 0.2) is 0 Å². The number of fused-ring (bicyclic) bond motifs is 2. The second-order valence-electron chi connectivity index (χ2n) is 5.86. The number of aromatic nitrogens is 2. The molecular weight excluding hydrogens is 318 g/mol. The lowest BCUT2D eigenvalue weighted by Crippen LogP contribution is -2.33. The van der Waals surface area contributed by atoms with E-state index in [1.165, 1.54) is 11.2 Å². The molecule has 2 amide bonds. The average molecular weight is 333 g/mol. The molecule has 0 spiro atoms. The molecule has 0 unspecified atom stereocenters. The molecule has 1 aromatic heterocycles. The summed E-state index contributed by atoms with van der Waals surface area (Å²) in [5.41, 5.74) is 2.75. The molecule has 0 saturated carbocycles. The van der Waals surface area contributed by atoms with Crippen molar-refractivity contribution in [2.24, 2.45) is 0 Å². The van der Waals surface area contributed by atoms with Gasteiger partial charge in [0.05, 0.1) is 28.6 Å². The molecule has 124 valence electrons. The van der Waals surface area contributed by atoms with Crippen LogP contribution in [0.1, 0.15) is 26.3 Å². The van der Waals surface area contributed by atoms with E-state index in [1.54, 1.807) is 24.3 Å². The highest BCUT2D eigenvalue weighted by Crippen LogP contribution is 2.24. The molecule has 0 bridgehead atoms. The van der Waals surface area contributed by atoms with E-state index < -0.39 is 0 Å². The summed E-state index contributed by atoms with van der Waals surface area (Å²) < 4.78 is 5.73. The zero-order chi connectivity index (χ0) is 17.4. The minimum Gasteiger partial charge on any atom is -0.475 e. The fraction of sp³-hybridized carbons (Fsp3) is 0.158. The number of carbonyl (C=O) groups is 2. The molecule has 25 heavy (non-hydrogen) atoms. The van der Waals surface area contributed by atoms with Crippen molar-refractivity contribution in [3.8, 4) is 5.88 Å². The van der Waals surface area contributed by atoms with Crippen LogP contribution in [-0.2, 0) is 0 Å². The molecule has 1 aliphatic rings. The van der Waals surface area contributed by atoms with Gasteiger partial charge in [-0.15, -0.1) is 0 Å². The number of rotatable bonds is 4. The Morgan fingerprint density at radius 2 is 1.72 bits per heavy atom. The van der Waals surface area contributed by atoms with Crippen LogP contribution in [0.15, 0.2) is 48.8 Å². The van der Waals surface area contributed by atoms with Crippen molar-refractivity contribution in [1.82, 2.24) is 14.9 Å². The molecule has 6 heteroatoms. The van der Waals surface area contributed by atoms with E-state index in [0.29, 0.717) is 17.0 Å². The standard InChI is InChI=1S/C19H15N3O3/c1-12-6-7-16-15(10-12)17(21-11-20-16)25-9-8-22-18(23)13-4-2-3-5-14(13)19(22)24/h2-7,10-11H,8-9H2,1H3. The van der Waals surface area contributed by atoms with Crippen molar-refractivity contribution in [2.75, 3.05) is 13.2 Å². The second kappa shape index (κ2) is 5.98.